The van der Waals surface area contributed by atoms with Crippen molar-refractivity contribution in [1.82, 2.24) is 24.8 Å². The quantitative estimate of drug-likeness (QED) is 0.352. The summed E-state index contributed by atoms with van der Waals surface area (Å²) in [5.41, 5.74) is 2.26. The number of carboxylic acids is 1. The first-order valence-electron chi connectivity index (χ1n) is 14.7. The number of amides is 2. The van der Waals surface area contributed by atoms with Crippen molar-refractivity contribution in [3.8, 4) is 17.0 Å². The molecule has 1 aromatic carbocycles. The molecule has 3 aromatic rings. The molecule has 2 amide bonds. The van der Waals surface area contributed by atoms with Crippen molar-refractivity contribution in [3.63, 3.8) is 0 Å². The van der Waals surface area contributed by atoms with Crippen molar-refractivity contribution in [1.29, 1.82) is 0 Å². The molecule has 0 spiro atoms. The van der Waals surface area contributed by atoms with E-state index in [1.54, 1.807) is 32.6 Å². The number of carbonyl (C=O) groups excluding carboxylic acids is 2. The van der Waals surface area contributed by atoms with Crippen LogP contribution >= 0.6 is 0 Å². The van der Waals surface area contributed by atoms with Crippen LogP contribution in [0.25, 0.3) is 16.9 Å². The van der Waals surface area contributed by atoms with Crippen LogP contribution in [0.15, 0.2) is 12.1 Å². The maximum absolute atomic E-state index is 15.5. The molecule has 0 radical (unpaired) electrons. The van der Waals surface area contributed by atoms with E-state index in [1.165, 1.54) is 16.6 Å². The number of halogens is 1. The zero-order chi connectivity index (χ0) is 31.1. The third kappa shape index (κ3) is 6.20. The average molecular weight is 596 g/mol. The van der Waals surface area contributed by atoms with Crippen molar-refractivity contribution in [2.75, 3.05) is 26.2 Å². The Balaban J connectivity index is 1.59. The molecule has 4 heterocycles. The lowest BCUT2D eigenvalue weighted by atomic mass is 9.91. The van der Waals surface area contributed by atoms with E-state index in [-0.39, 0.29) is 28.6 Å². The molecule has 2 aliphatic rings. The van der Waals surface area contributed by atoms with Crippen molar-refractivity contribution in [3.05, 3.63) is 46.0 Å². The van der Waals surface area contributed by atoms with Crippen LogP contribution in [-0.2, 0) is 20.7 Å². The number of nitrogens with zero attached hydrogens (tertiary/aromatic N) is 4. The Morgan fingerprint density at radius 3 is 2.65 bits per heavy atom. The van der Waals surface area contributed by atoms with Gasteiger partial charge in [-0.3, -0.25) is 9.59 Å². The number of aromatic nitrogens is 3. The van der Waals surface area contributed by atoms with Gasteiger partial charge in [0, 0.05) is 54.5 Å². The Labute approximate surface area is 249 Å². The van der Waals surface area contributed by atoms with Crippen LogP contribution in [0.2, 0.25) is 0 Å². The van der Waals surface area contributed by atoms with Gasteiger partial charge in [-0.25, -0.2) is 18.7 Å². The summed E-state index contributed by atoms with van der Waals surface area (Å²) in [6, 6.07) is 2.85. The second kappa shape index (κ2) is 11.9. The Bertz CT molecular complexity index is 1590. The van der Waals surface area contributed by atoms with Crippen LogP contribution in [-0.4, -0.2) is 74.2 Å². The number of hydrogen-bond donors (Lipinski definition) is 2. The molecule has 0 bridgehead atoms. The standard InChI is InChI=1S/C31H38FN5O6/c1-17-19-9-7-14-42-27(19)21(32)15-20(17)26-25(28(30(40)41)43-31(3,4)5)18(2)34-23-16-22(35-37(23)26)29(39)33-11-8-13-36-12-6-10-24(36)38/h15-16,28H,6-14H2,1-5H3,(H,33,39)(H,40,41)/t28-/m0/s1. The molecule has 0 aliphatic carbocycles. The van der Waals surface area contributed by atoms with Crippen molar-refractivity contribution in [2.45, 2.75) is 78.4 Å². The van der Waals surface area contributed by atoms with E-state index in [2.05, 4.69) is 15.4 Å². The lowest BCUT2D eigenvalue weighted by molar-refractivity contribution is -0.160. The molecule has 11 nitrogen and oxygen atoms in total. The fraction of sp³-hybridized carbons (Fsp3) is 0.516. The van der Waals surface area contributed by atoms with E-state index >= 15 is 4.39 Å². The van der Waals surface area contributed by atoms with Gasteiger partial charge in [-0.15, -0.1) is 0 Å². The predicted octanol–water partition coefficient (Wildman–Crippen LogP) is 4.16. The SMILES string of the molecule is Cc1nc2cc(C(=O)NCCCN3CCCC3=O)nn2c(-c2cc(F)c3c(c2C)CCCO3)c1[C@H](OC(C)(C)C)C(=O)O. The summed E-state index contributed by atoms with van der Waals surface area (Å²) in [5.74, 6) is -1.90. The number of rotatable bonds is 9. The summed E-state index contributed by atoms with van der Waals surface area (Å²) in [7, 11) is 0. The predicted molar refractivity (Wildman–Crippen MR) is 156 cm³/mol. The van der Waals surface area contributed by atoms with Crippen LogP contribution in [0.3, 0.4) is 0 Å². The fourth-order valence-electron chi connectivity index (χ4n) is 5.81. The molecule has 1 saturated heterocycles. The third-order valence-electron chi connectivity index (χ3n) is 7.77. The van der Waals surface area contributed by atoms with Crippen LogP contribution in [0.1, 0.15) is 85.4 Å². The van der Waals surface area contributed by atoms with Gasteiger partial charge >= 0.3 is 5.97 Å². The molecule has 1 fully saturated rings. The topological polar surface area (TPSA) is 135 Å². The first kappa shape index (κ1) is 30.4. The number of benzene rings is 1. The second-order valence-corrected chi connectivity index (χ2v) is 12.1. The molecule has 2 N–H and O–H groups in total. The summed E-state index contributed by atoms with van der Waals surface area (Å²) in [6.07, 6.45) is 1.89. The molecule has 0 saturated carbocycles. The first-order chi connectivity index (χ1) is 20.4. The molecule has 2 aromatic heterocycles. The van der Waals surface area contributed by atoms with Crippen LogP contribution in [0.4, 0.5) is 4.39 Å². The van der Waals surface area contributed by atoms with Gasteiger partial charge in [0.15, 0.2) is 29.0 Å². The number of aryl methyl sites for hydroxylation is 1. The molecule has 0 unspecified atom stereocenters. The lowest BCUT2D eigenvalue weighted by Crippen LogP contribution is -2.30. The smallest absolute Gasteiger partial charge is 0.337 e. The van der Waals surface area contributed by atoms with E-state index in [0.717, 1.165) is 24.9 Å². The van der Waals surface area contributed by atoms with Gasteiger partial charge in [-0.1, -0.05) is 0 Å². The summed E-state index contributed by atoms with van der Waals surface area (Å²) >= 11 is 0. The van der Waals surface area contributed by atoms with Crippen LogP contribution in [0, 0.1) is 19.7 Å². The number of carboxylic acid groups (broad SMARTS) is 1. The monoisotopic (exact) mass is 595 g/mol. The number of likely N-dealkylation sites (tertiary alicyclic amines) is 1. The molecule has 12 heteroatoms. The number of fused-ring (bicyclic) bond motifs is 2. The van der Waals surface area contributed by atoms with Gasteiger partial charge in [-0.2, -0.15) is 5.10 Å². The summed E-state index contributed by atoms with van der Waals surface area (Å²) in [5, 5.41) is 17.7. The summed E-state index contributed by atoms with van der Waals surface area (Å²) < 4.78 is 28.6. The van der Waals surface area contributed by atoms with Gasteiger partial charge in [-0.05, 0) is 71.9 Å². The van der Waals surface area contributed by atoms with Gasteiger partial charge in [0.25, 0.3) is 5.91 Å². The van der Waals surface area contributed by atoms with Gasteiger partial charge in [0.05, 0.1) is 17.9 Å². The molecule has 43 heavy (non-hydrogen) atoms. The lowest BCUT2D eigenvalue weighted by Gasteiger charge is -2.28. The minimum absolute atomic E-state index is 0.0746. The fourth-order valence-corrected chi connectivity index (χ4v) is 5.81. The maximum Gasteiger partial charge on any atom is 0.337 e. The summed E-state index contributed by atoms with van der Waals surface area (Å²) in [6.45, 7) is 10.8. The highest BCUT2D eigenvalue weighted by Gasteiger charge is 2.35. The largest absolute Gasteiger partial charge is 0.490 e. The minimum Gasteiger partial charge on any atom is -0.490 e. The van der Waals surface area contributed by atoms with Crippen LogP contribution in [0.5, 0.6) is 5.75 Å². The highest BCUT2D eigenvalue weighted by Crippen LogP contribution is 2.41. The third-order valence-corrected chi connectivity index (χ3v) is 7.77. The Morgan fingerprint density at radius 2 is 1.98 bits per heavy atom. The van der Waals surface area contributed by atoms with E-state index < -0.39 is 29.4 Å². The number of aliphatic carboxylic acids is 1. The molecule has 1 atom stereocenters. The average Bonchev–Trinajstić information content (AvgIpc) is 3.56. The van der Waals surface area contributed by atoms with Gasteiger partial charge in [0.1, 0.15) is 0 Å². The zero-order valence-corrected chi connectivity index (χ0v) is 25.3. The van der Waals surface area contributed by atoms with Gasteiger partial charge < -0.3 is 24.8 Å². The zero-order valence-electron chi connectivity index (χ0n) is 25.3. The molecule has 230 valence electrons. The molecular weight excluding hydrogens is 557 g/mol. The number of ether oxygens (including phenoxy) is 2. The van der Waals surface area contributed by atoms with E-state index in [4.69, 9.17) is 9.47 Å². The normalized spacial score (nSPS) is 15.9. The van der Waals surface area contributed by atoms with Crippen molar-refractivity contribution in [2.24, 2.45) is 0 Å². The van der Waals surface area contributed by atoms with Crippen molar-refractivity contribution < 1.29 is 33.4 Å². The summed E-state index contributed by atoms with van der Waals surface area (Å²) in [4.78, 5) is 44.1. The van der Waals surface area contributed by atoms with E-state index in [9.17, 15) is 19.5 Å². The first-order valence-corrected chi connectivity index (χ1v) is 14.7. The Kier molecular flexibility index (Phi) is 8.42. The Hall–Kier alpha value is -4.06. The highest BCUT2D eigenvalue weighted by molar-refractivity contribution is 5.93. The highest BCUT2D eigenvalue weighted by atomic mass is 19.1. The Morgan fingerprint density at radius 1 is 1.21 bits per heavy atom. The van der Waals surface area contributed by atoms with Crippen molar-refractivity contribution >= 4 is 23.4 Å². The number of carbonyl (C=O) groups is 3. The van der Waals surface area contributed by atoms with E-state index in [1.807, 2.05) is 6.92 Å². The molecule has 5 rings (SSSR count). The van der Waals surface area contributed by atoms with Crippen LogP contribution < -0.4 is 10.1 Å². The molecule has 2 aliphatic heterocycles. The minimum atomic E-state index is -1.45. The maximum atomic E-state index is 15.5. The number of nitrogens with one attached hydrogen (secondary N) is 1. The molecular formula is C31H38FN5O6. The van der Waals surface area contributed by atoms with Gasteiger partial charge in [0.2, 0.25) is 5.91 Å². The number of hydrogen-bond acceptors (Lipinski definition) is 7. The van der Waals surface area contributed by atoms with E-state index in [0.29, 0.717) is 61.4 Å². The second-order valence-electron chi connectivity index (χ2n) is 12.1.